The van der Waals surface area contributed by atoms with Gasteiger partial charge in [-0.2, -0.15) is 5.10 Å². The van der Waals surface area contributed by atoms with Gasteiger partial charge in [-0.05, 0) is 29.2 Å². The number of amides is 3. The normalized spacial score (nSPS) is 12.1. The molecule has 10 nitrogen and oxygen atoms in total. The van der Waals surface area contributed by atoms with Crippen molar-refractivity contribution in [3.63, 3.8) is 0 Å². The van der Waals surface area contributed by atoms with Crippen molar-refractivity contribution in [1.82, 2.24) is 25.7 Å². The van der Waals surface area contributed by atoms with Crippen LogP contribution in [-0.4, -0.2) is 57.7 Å². The smallest absolute Gasteiger partial charge is 0.322 e. The number of carboxylic acids is 1. The summed E-state index contributed by atoms with van der Waals surface area (Å²) in [6, 6.07) is 12.1. The number of carbonyl (C=O) groups is 4. The fourth-order valence-electron chi connectivity index (χ4n) is 3.56. The largest absolute Gasteiger partial charge is 0.480 e. The van der Waals surface area contributed by atoms with Crippen molar-refractivity contribution in [2.45, 2.75) is 33.4 Å². The van der Waals surface area contributed by atoms with Crippen molar-refractivity contribution in [2.24, 2.45) is 5.41 Å². The molecule has 0 spiro atoms. The van der Waals surface area contributed by atoms with Crippen LogP contribution in [0, 0.1) is 11.2 Å². The van der Waals surface area contributed by atoms with Gasteiger partial charge in [0.05, 0.1) is 18.6 Å². The number of hydrogen-bond donors (Lipinski definition) is 4. The molecule has 0 aliphatic carbocycles. The van der Waals surface area contributed by atoms with Crippen molar-refractivity contribution < 1.29 is 28.7 Å². The van der Waals surface area contributed by atoms with Crippen LogP contribution in [0.3, 0.4) is 0 Å². The number of benzene rings is 2. The maximum absolute atomic E-state index is 13.3. The molecule has 0 radical (unpaired) electrons. The molecule has 0 bridgehead atoms. The zero-order valence-electron chi connectivity index (χ0n) is 20.2. The van der Waals surface area contributed by atoms with Crippen molar-refractivity contribution in [3.05, 3.63) is 65.6 Å². The van der Waals surface area contributed by atoms with E-state index >= 15 is 0 Å². The summed E-state index contributed by atoms with van der Waals surface area (Å²) in [5, 5.41) is 21.0. The van der Waals surface area contributed by atoms with Gasteiger partial charge in [-0.3, -0.25) is 23.9 Å². The summed E-state index contributed by atoms with van der Waals surface area (Å²) in [4.78, 5) is 48.5. The summed E-state index contributed by atoms with van der Waals surface area (Å²) in [5.74, 6) is -3.41. The van der Waals surface area contributed by atoms with E-state index in [4.69, 9.17) is 5.11 Å². The number of nitrogens with zero attached hydrogens (tertiary/aromatic N) is 2. The van der Waals surface area contributed by atoms with E-state index in [9.17, 15) is 23.6 Å². The summed E-state index contributed by atoms with van der Waals surface area (Å²) in [6.45, 7) is 4.57. The average Bonchev–Trinajstić information content (AvgIpc) is 3.18. The number of rotatable bonds is 9. The molecule has 11 heteroatoms. The molecule has 3 amide bonds. The molecular formula is C25H28FN5O5. The average molecular weight is 498 g/mol. The topological polar surface area (TPSA) is 142 Å². The van der Waals surface area contributed by atoms with E-state index < -0.39 is 48.2 Å². The minimum Gasteiger partial charge on any atom is -0.480 e. The SMILES string of the molecule is CC(C)(C)[C@H](NC(=O)c1nn(Cc2ccc(F)cc2)c2ccccc12)C(=O)NCC(=O)NCC(=O)O. The Labute approximate surface area is 206 Å². The van der Waals surface area contributed by atoms with E-state index in [1.165, 1.54) is 12.1 Å². The van der Waals surface area contributed by atoms with Crippen molar-refractivity contribution >= 4 is 34.6 Å². The first-order valence-electron chi connectivity index (χ1n) is 11.2. The quantitative estimate of drug-likeness (QED) is 0.354. The molecule has 2 aromatic carbocycles. The molecule has 0 aliphatic heterocycles. The number of aliphatic carboxylic acids is 1. The predicted octanol–water partition coefficient (Wildman–Crippen LogP) is 1.69. The van der Waals surface area contributed by atoms with Gasteiger partial charge in [0.1, 0.15) is 18.4 Å². The minimum atomic E-state index is -1.21. The van der Waals surface area contributed by atoms with Crippen molar-refractivity contribution in [3.8, 4) is 0 Å². The first-order valence-corrected chi connectivity index (χ1v) is 11.2. The standard InChI is InChI=1S/C25H28FN5O5/c1-25(2,3)22(24(36)28-12-19(32)27-13-20(33)34)29-23(35)21-17-6-4-5-7-18(17)31(30-21)14-15-8-10-16(26)11-9-15/h4-11,22H,12-14H2,1-3H3,(H,27,32)(H,28,36)(H,29,35)(H,33,34)/t22-/m1/s1. The number of halogens is 1. The van der Waals surface area contributed by atoms with Gasteiger partial charge in [0.25, 0.3) is 5.91 Å². The van der Waals surface area contributed by atoms with Crippen LogP contribution >= 0.6 is 0 Å². The molecule has 0 aliphatic rings. The lowest BCUT2D eigenvalue weighted by Gasteiger charge is -2.30. The highest BCUT2D eigenvalue weighted by atomic mass is 19.1. The van der Waals surface area contributed by atoms with Gasteiger partial charge >= 0.3 is 5.97 Å². The van der Waals surface area contributed by atoms with Crippen LogP contribution in [0.4, 0.5) is 4.39 Å². The molecule has 1 aromatic heterocycles. The third kappa shape index (κ3) is 6.65. The lowest BCUT2D eigenvalue weighted by molar-refractivity contribution is -0.137. The zero-order valence-corrected chi connectivity index (χ0v) is 20.2. The Morgan fingerprint density at radius 2 is 1.67 bits per heavy atom. The summed E-state index contributed by atoms with van der Waals surface area (Å²) < 4.78 is 14.9. The summed E-state index contributed by atoms with van der Waals surface area (Å²) in [5.41, 5.74) is 0.890. The summed E-state index contributed by atoms with van der Waals surface area (Å²) >= 11 is 0. The molecule has 1 atom stereocenters. The second kappa shape index (κ2) is 11.0. The zero-order chi connectivity index (χ0) is 26.5. The van der Waals surface area contributed by atoms with E-state index in [0.29, 0.717) is 17.4 Å². The Hall–Kier alpha value is -4.28. The number of fused-ring (bicyclic) bond motifs is 1. The fraction of sp³-hybridized carbons (Fsp3) is 0.320. The maximum atomic E-state index is 13.3. The highest BCUT2D eigenvalue weighted by Crippen LogP contribution is 2.23. The number of hydrogen-bond acceptors (Lipinski definition) is 5. The molecule has 0 saturated heterocycles. The molecule has 4 N–H and O–H groups in total. The van der Waals surface area contributed by atoms with Gasteiger partial charge < -0.3 is 21.1 Å². The highest BCUT2D eigenvalue weighted by Gasteiger charge is 2.34. The van der Waals surface area contributed by atoms with Crippen LogP contribution in [0.5, 0.6) is 0 Å². The summed E-state index contributed by atoms with van der Waals surface area (Å²) in [6.07, 6.45) is 0. The third-order valence-corrected chi connectivity index (χ3v) is 5.38. The Kier molecular flexibility index (Phi) is 8.03. The molecule has 3 aromatic rings. The van der Waals surface area contributed by atoms with E-state index in [-0.39, 0.29) is 11.5 Å². The Bertz CT molecular complexity index is 1280. The van der Waals surface area contributed by atoms with E-state index in [1.54, 1.807) is 49.7 Å². The maximum Gasteiger partial charge on any atom is 0.322 e. The van der Waals surface area contributed by atoms with Gasteiger partial charge in [0.15, 0.2) is 5.69 Å². The van der Waals surface area contributed by atoms with Crippen LogP contribution in [0.15, 0.2) is 48.5 Å². The van der Waals surface area contributed by atoms with E-state index in [1.807, 2.05) is 12.1 Å². The molecule has 190 valence electrons. The Morgan fingerprint density at radius 3 is 2.31 bits per heavy atom. The van der Waals surface area contributed by atoms with E-state index in [0.717, 1.165) is 5.56 Å². The molecule has 36 heavy (non-hydrogen) atoms. The number of aromatic nitrogens is 2. The molecule has 1 heterocycles. The van der Waals surface area contributed by atoms with Gasteiger partial charge in [0, 0.05) is 5.39 Å². The fourth-order valence-corrected chi connectivity index (χ4v) is 3.56. The molecule has 0 fully saturated rings. The van der Waals surface area contributed by atoms with Gasteiger partial charge in [0.2, 0.25) is 11.8 Å². The molecule has 0 saturated carbocycles. The molecule has 0 unspecified atom stereocenters. The van der Waals surface area contributed by atoms with Gasteiger partial charge in [-0.25, -0.2) is 4.39 Å². The van der Waals surface area contributed by atoms with E-state index in [2.05, 4.69) is 21.0 Å². The number of carboxylic acid groups (broad SMARTS) is 1. The Balaban J connectivity index is 1.79. The predicted molar refractivity (Wildman–Crippen MR) is 130 cm³/mol. The highest BCUT2D eigenvalue weighted by molar-refractivity contribution is 6.06. The number of nitrogens with one attached hydrogen (secondary N) is 3. The van der Waals surface area contributed by atoms with Crippen molar-refractivity contribution in [1.29, 1.82) is 0 Å². The second-order valence-corrected chi connectivity index (χ2v) is 9.31. The van der Waals surface area contributed by atoms with Crippen LogP contribution in [0.25, 0.3) is 10.9 Å². The van der Waals surface area contributed by atoms with Gasteiger partial charge in [-0.15, -0.1) is 0 Å². The lowest BCUT2D eigenvalue weighted by Crippen LogP contribution is -2.55. The van der Waals surface area contributed by atoms with Crippen LogP contribution in [0.1, 0.15) is 36.8 Å². The molecular weight excluding hydrogens is 469 g/mol. The van der Waals surface area contributed by atoms with Gasteiger partial charge in [-0.1, -0.05) is 51.1 Å². The van der Waals surface area contributed by atoms with Crippen LogP contribution in [0.2, 0.25) is 0 Å². The Morgan fingerprint density at radius 1 is 1.00 bits per heavy atom. The first kappa shape index (κ1) is 26.3. The van der Waals surface area contributed by atoms with Crippen molar-refractivity contribution in [2.75, 3.05) is 13.1 Å². The number of carbonyl (C=O) groups excluding carboxylic acids is 3. The lowest BCUT2D eigenvalue weighted by atomic mass is 9.86. The number of para-hydroxylation sites is 1. The first-order chi connectivity index (χ1) is 17.0. The van der Waals surface area contributed by atoms with Crippen LogP contribution in [-0.2, 0) is 20.9 Å². The monoisotopic (exact) mass is 497 g/mol. The molecule has 3 rings (SSSR count). The van der Waals surface area contributed by atoms with Crippen LogP contribution < -0.4 is 16.0 Å². The third-order valence-electron chi connectivity index (χ3n) is 5.38. The minimum absolute atomic E-state index is 0.119. The second-order valence-electron chi connectivity index (χ2n) is 9.31. The summed E-state index contributed by atoms with van der Waals surface area (Å²) in [7, 11) is 0.